The lowest BCUT2D eigenvalue weighted by Gasteiger charge is -2.17. The van der Waals surface area contributed by atoms with Gasteiger partial charge in [-0.1, -0.05) is 18.0 Å². The van der Waals surface area contributed by atoms with Gasteiger partial charge in [-0.3, -0.25) is 4.79 Å². The van der Waals surface area contributed by atoms with Crippen molar-refractivity contribution in [2.45, 2.75) is 19.3 Å². The molecule has 1 aromatic heterocycles. The summed E-state index contributed by atoms with van der Waals surface area (Å²) < 4.78 is 29.6. The molecule has 1 aliphatic heterocycles. The van der Waals surface area contributed by atoms with Crippen molar-refractivity contribution < 1.29 is 23.3 Å². The molecule has 0 atom stereocenters. The van der Waals surface area contributed by atoms with E-state index < -0.39 is 21.5 Å². The lowest BCUT2D eigenvalue weighted by atomic mass is 10.0. The summed E-state index contributed by atoms with van der Waals surface area (Å²) in [5, 5.41) is 4.07. The lowest BCUT2D eigenvalue weighted by Crippen LogP contribution is -2.16. The van der Waals surface area contributed by atoms with Gasteiger partial charge in [0, 0.05) is 24.1 Å². The van der Waals surface area contributed by atoms with Crippen LogP contribution in [0.1, 0.15) is 45.5 Å². The second-order valence-electron chi connectivity index (χ2n) is 7.01. The van der Waals surface area contributed by atoms with Crippen molar-refractivity contribution in [2.24, 2.45) is 11.4 Å². The number of carbonyl (C=O) groups is 2. The summed E-state index contributed by atoms with van der Waals surface area (Å²) in [6, 6.07) is 2.86. The Morgan fingerprint density at radius 1 is 1.23 bits per heavy atom. The molecule has 1 saturated heterocycles. The van der Waals surface area contributed by atoms with Crippen LogP contribution in [0.4, 0.5) is 5.69 Å². The van der Waals surface area contributed by atoms with Crippen molar-refractivity contribution in [1.29, 1.82) is 0 Å². The first-order valence-electron chi connectivity index (χ1n) is 9.63. The monoisotopic (exact) mass is 485 g/mol. The van der Waals surface area contributed by atoms with Crippen molar-refractivity contribution in [3.63, 3.8) is 0 Å². The van der Waals surface area contributed by atoms with Gasteiger partial charge in [0.2, 0.25) is 11.7 Å². The minimum absolute atomic E-state index is 0.0294. The van der Waals surface area contributed by atoms with E-state index in [1.165, 1.54) is 41.9 Å². The van der Waals surface area contributed by atoms with E-state index in [2.05, 4.69) is 9.46 Å². The number of ether oxygens (including phenoxy) is 2. The summed E-state index contributed by atoms with van der Waals surface area (Å²) in [6.45, 7) is 0. The van der Waals surface area contributed by atoms with Crippen molar-refractivity contribution in [1.82, 2.24) is 9.78 Å². The Balaban J connectivity index is 2.13. The lowest BCUT2D eigenvalue weighted by molar-refractivity contribution is 0.0601. The van der Waals surface area contributed by atoms with Gasteiger partial charge in [-0.2, -0.15) is 9.46 Å². The van der Waals surface area contributed by atoms with Crippen LogP contribution in [0.5, 0.6) is 5.88 Å². The van der Waals surface area contributed by atoms with Gasteiger partial charge in [-0.05, 0) is 31.2 Å². The number of esters is 1. The summed E-state index contributed by atoms with van der Waals surface area (Å²) in [5.41, 5.74) is 0.454. The molecule has 0 radical (unpaired) electrons. The van der Waals surface area contributed by atoms with E-state index >= 15 is 0 Å². The van der Waals surface area contributed by atoms with E-state index in [9.17, 15) is 13.8 Å². The molecule has 2 aromatic rings. The molecular weight excluding hydrogens is 462 g/mol. The third kappa shape index (κ3) is 5.07. The zero-order valence-corrected chi connectivity index (χ0v) is 19.9. The molecule has 2 heterocycles. The number of nitrogens with zero attached hydrogens (tertiary/aromatic N) is 3. The highest BCUT2D eigenvalue weighted by atomic mass is 35.5. The molecule has 0 spiro atoms. The minimum Gasteiger partial charge on any atom is -0.466 e. The van der Waals surface area contributed by atoms with Gasteiger partial charge in [0.25, 0.3) is 0 Å². The predicted molar refractivity (Wildman–Crippen MR) is 122 cm³/mol. The first-order chi connectivity index (χ1) is 14.8. The van der Waals surface area contributed by atoms with Crippen molar-refractivity contribution in [3.8, 4) is 5.88 Å². The molecule has 11 heteroatoms. The molecule has 1 aromatic carbocycles. The maximum Gasteiger partial charge on any atom is 0.340 e. The Morgan fingerprint density at radius 2 is 1.90 bits per heavy atom. The largest absolute Gasteiger partial charge is 0.466 e. The fraction of sp³-hybridized carbons (Fsp3) is 0.450. The average Bonchev–Trinajstić information content (AvgIpc) is 3.13. The van der Waals surface area contributed by atoms with Gasteiger partial charge in [0.1, 0.15) is 17.2 Å². The number of methoxy groups -OCH3 is 1. The average molecular weight is 486 g/mol. The van der Waals surface area contributed by atoms with Crippen LogP contribution in [0.25, 0.3) is 0 Å². The molecule has 1 fully saturated rings. The molecule has 1 aliphatic rings. The molecule has 0 bridgehead atoms. The summed E-state index contributed by atoms with van der Waals surface area (Å²) in [6.07, 6.45) is 5.85. The minimum atomic E-state index is -2.58. The number of hydrogen-bond acceptors (Lipinski definition) is 8. The van der Waals surface area contributed by atoms with E-state index in [1.54, 1.807) is 7.05 Å². The molecule has 168 valence electrons. The normalized spacial score (nSPS) is 15.4. The number of aryl methyl sites for hydroxylation is 1. The Morgan fingerprint density at radius 3 is 2.55 bits per heavy atom. The first-order valence-corrected chi connectivity index (χ1v) is 13.3. The highest BCUT2D eigenvalue weighted by Gasteiger charge is 2.27. The van der Waals surface area contributed by atoms with Gasteiger partial charge in [-0.15, -0.1) is 11.8 Å². The van der Waals surface area contributed by atoms with Crippen LogP contribution in [-0.4, -0.2) is 56.6 Å². The molecule has 0 saturated carbocycles. The number of hydrogen-bond donors (Lipinski definition) is 0. The molecule has 31 heavy (non-hydrogen) atoms. The smallest absolute Gasteiger partial charge is 0.340 e. The summed E-state index contributed by atoms with van der Waals surface area (Å²) >= 11 is 8.04. The van der Waals surface area contributed by atoms with Crippen LogP contribution in [0.2, 0.25) is 5.02 Å². The fourth-order valence-corrected chi connectivity index (χ4v) is 6.10. The van der Waals surface area contributed by atoms with Crippen LogP contribution >= 0.6 is 23.4 Å². The van der Waals surface area contributed by atoms with E-state index in [0.717, 1.165) is 19.3 Å². The van der Waals surface area contributed by atoms with Crippen molar-refractivity contribution in [2.75, 3.05) is 30.8 Å². The van der Waals surface area contributed by atoms with Gasteiger partial charge in [0.05, 0.1) is 33.6 Å². The van der Waals surface area contributed by atoms with E-state index in [-0.39, 0.29) is 27.4 Å². The predicted octanol–water partition coefficient (Wildman–Crippen LogP) is 4.07. The molecule has 3 rings (SSSR count). The SMILES string of the molecule is COC(=O)c1ccc(C(=O)c2cnn(C)c2OCSC)c(Cl)c1N=S1(=O)CCCCC1. The number of benzene rings is 1. The molecular formula is C20H24ClN3O5S2. The summed E-state index contributed by atoms with van der Waals surface area (Å²) in [7, 11) is 0.334. The van der Waals surface area contributed by atoms with Crippen LogP contribution in [0.15, 0.2) is 22.7 Å². The van der Waals surface area contributed by atoms with Crippen LogP contribution in [0, 0.1) is 0 Å². The zero-order valence-electron chi connectivity index (χ0n) is 17.6. The standard InChI is InChI=1S/C20H24ClN3O5S2/c1-24-19(29-12-30-3)15(11-22-24)18(25)13-7-8-14(20(26)28-2)17(16(13)21)23-31(27)9-5-4-6-10-31/h7-8,11H,4-6,9-10,12H2,1-3H3. The van der Waals surface area contributed by atoms with Gasteiger partial charge in [-0.25, -0.2) is 13.7 Å². The Kier molecular flexibility index (Phi) is 7.66. The van der Waals surface area contributed by atoms with Crippen LogP contribution in [-0.2, 0) is 21.5 Å². The Labute approximate surface area is 190 Å². The van der Waals surface area contributed by atoms with Gasteiger partial charge >= 0.3 is 5.97 Å². The first kappa shape index (κ1) is 23.6. The van der Waals surface area contributed by atoms with Gasteiger partial charge in [0.15, 0.2) is 0 Å². The highest BCUT2D eigenvalue weighted by Crippen LogP contribution is 2.37. The molecule has 0 unspecified atom stereocenters. The number of ketones is 1. The number of rotatable bonds is 7. The van der Waals surface area contributed by atoms with Gasteiger partial charge < -0.3 is 9.47 Å². The molecule has 8 nitrogen and oxygen atoms in total. The Bertz CT molecular complexity index is 1110. The molecule has 0 amide bonds. The topological polar surface area (TPSA) is 99.8 Å². The maximum atomic E-state index is 13.3. The highest BCUT2D eigenvalue weighted by molar-refractivity contribution is 7.98. The zero-order chi connectivity index (χ0) is 22.6. The quantitative estimate of drug-likeness (QED) is 0.331. The molecule has 0 N–H and O–H groups in total. The number of carbonyl (C=O) groups excluding carboxylic acids is 2. The number of thioether (sulfide) groups is 1. The van der Waals surface area contributed by atoms with E-state index in [1.807, 2.05) is 6.26 Å². The maximum absolute atomic E-state index is 13.3. The van der Waals surface area contributed by atoms with Crippen LogP contribution in [0.3, 0.4) is 0 Å². The third-order valence-electron chi connectivity index (χ3n) is 4.89. The second-order valence-corrected chi connectivity index (χ2v) is 10.7. The van der Waals surface area contributed by atoms with Crippen molar-refractivity contribution >= 4 is 50.5 Å². The second kappa shape index (κ2) is 10.1. The fourth-order valence-electron chi connectivity index (χ4n) is 3.31. The van der Waals surface area contributed by atoms with E-state index in [0.29, 0.717) is 23.3 Å². The summed E-state index contributed by atoms with van der Waals surface area (Å²) in [5.74, 6) is 0.417. The third-order valence-corrected chi connectivity index (χ3v) is 8.00. The van der Waals surface area contributed by atoms with Crippen LogP contribution < -0.4 is 4.74 Å². The Hall–Kier alpha value is -2.04. The van der Waals surface area contributed by atoms with Crippen molar-refractivity contribution in [3.05, 3.63) is 40.0 Å². The summed E-state index contributed by atoms with van der Waals surface area (Å²) in [4.78, 5) is 25.6. The van der Waals surface area contributed by atoms with E-state index in [4.69, 9.17) is 21.1 Å². The number of aromatic nitrogens is 2. The molecule has 0 aliphatic carbocycles. The number of halogens is 1.